The summed E-state index contributed by atoms with van der Waals surface area (Å²) < 4.78 is 29.1. The molecule has 0 radical (unpaired) electrons. The van der Waals surface area contributed by atoms with Crippen LogP contribution in [-0.2, 0) is 14.9 Å². The van der Waals surface area contributed by atoms with Gasteiger partial charge in [0.05, 0.1) is 5.75 Å². The van der Waals surface area contributed by atoms with Crippen molar-refractivity contribution in [1.29, 1.82) is 0 Å². The molecule has 0 aromatic heterocycles. The van der Waals surface area contributed by atoms with Gasteiger partial charge in [0, 0.05) is 13.5 Å². The van der Waals surface area contributed by atoms with E-state index in [1.165, 1.54) is 6.92 Å². The van der Waals surface area contributed by atoms with Gasteiger partial charge in [0.1, 0.15) is 0 Å². The predicted octanol–water partition coefficient (Wildman–Crippen LogP) is -1.27. The molecule has 0 saturated heterocycles. The number of hydrogen-bond acceptors (Lipinski definition) is 3. The zero-order valence-electron chi connectivity index (χ0n) is 7.07. The van der Waals surface area contributed by atoms with Crippen LogP contribution in [-0.4, -0.2) is 68.9 Å². The Bertz CT molecular complexity index is 251. The van der Waals surface area contributed by atoms with Gasteiger partial charge in [-0.2, -0.15) is 8.42 Å². The Morgan fingerprint density at radius 3 is 2.31 bits per heavy atom. The Kier molecular flexibility index (Phi) is 8.66. The maximum absolute atomic E-state index is 10.4. The van der Waals surface area contributed by atoms with Gasteiger partial charge in [0.15, 0.2) is 0 Å². The van der Waals surface area contributed by atoms with E-state index in [0.29, 0.717) is 0 Å². The van der Waals surface area contributed by atoms with Gasteiger partial charge in [-0.15, -0.1) is 0 Å². The first-order valence-electron chi connectivity index (χ1n) is 3.51. The molecule has 1 amide bonds. The number of amides is 1. The molecule has 0 fully saturated rings. The minimum absolute atomic E-state index is 0. The van der Waals surface area contributed by atoms with Crippen LogP contribution < -0.4 is 5.32 Å². The molecule has 13 heavy (non-hydrogen) atoms. The second kappa shape index (κ2) is 7.00. The fourth-order valence-electron chi connectivity index (χ4n) is 0.736. The molecule has 76 valence electrons. The van der Waals surface area contributed by atoms with Crippen LogP contribution in [0.15, 0.2) is 0 Å². The molecule has 7 heteroatoms. The molecule has 0 heterocycles. The second-order valence-corrected chi connectivity index (χ2v) is 4.29. The Morgan fingerprint density at radius 2 is 2.00 bits per heavy atom. The van der Waals surface area contributed by atoms with Crippen LogP contribution in [0.1, 0.15) is 13.8 Å². The SMILES string of the molecule is CC(=O)NCC(C)CS(=O)(=O)O.[CaH2]. The molecule has 0 aromatic carbocycles. The van der Waals surface area contributed by atoms with Crippen molar-refractivity contribution in [2.45, 2.75) is 13.8 Å². The van der Waals surface area contributed by atoms with E-state index in [4.69, 9.17) is 4.55 Å². The summed E-state index contributed by atoms with van der Waals surface area (Å²) in [5.41, 5.74) is 0. The van der Waals surface area contributed by atoms with Crippen LogP contribution in [0.3, 0.4) is 0 Å². The molecule has 5 nitrogen and oxygen atoms in total. The number of rotatable bonds is 4. The Morgan fingerprint density at radius 1 is 1.54 bits per heavy atom. The Balaban J connectivity index is 0. The summed E-state index contributed by atoms with van der Waals surface area (Å²) in [6, 6.07) is 0. The summed E-state index contributed by atoms with van der Waals surface area (Å²) in [5.74, 6) is -0.811. The van der Waals surface area contributed by atoms with Crippen LogP contribution in [0.2, 0.25) is 0 Å². The number of nitrogens with one attached hydrogen (secondary N) is 1. The van der Waals surface area contributed by atoms with E-state index in [1.807, 2.05) is 0 Å². The second-order valence-electron chi connectivity index (χ2n) is 2.79. The van der Waals surface area contributed by atoms with E-state index in [1.54, 1.807) is 6.92 Å². The molecular formula is C6H15CaNO4S. The van der Waals surface area contributed by atoms with Crippen LogP contribution in [0.25, 0.3) is 0 Å². The van der Waals surface area contributed by atoms with Crippen molar-refractivity contribution in [3.05, 3.63) is 0 Å². The van der Waals surface area contributed by atoms with Gasteiger partial charge in [-0.3, -0.25) is 9.35 Å². The van der Waals surface area contributed by atoms with Crippen molar-refractivity contribution >= 4 is 53.8 Å². The first kappa shape index (κ1) is 16.1. The van der Waals surface area contributed by atoms with Crippen LogP contribution in [0.4, 0.5) is 0 Å². The van der Waals surface area contributed by atoms with Crippen LogP contribution >= 0.6 is 0 Å². The predicted molar refractivity (Wildman–Crippen MR) is 52.8 cm³/mol. The molecule has 0 rings (SSSR count). The third kappa shape index (κ3) is 12.6. The Hall–Kier alpha value is 0.640. The maximum atomic E-state index is 10.4. The molecule has 0 aliphatic rings. The molecule has 0 saturated carbocycles. The van der Waals surface area contributed by atoms with Crippen molar-refractivity contribution in [2.24, 2.45) is 5.92 Å². The van der Waals surface area contributed by atoms with E-state index in [9.17, 15) is 13.2 Å². The zero-order valence-corrected chi connectivity index (χ0v) is 7.89. The van der Waals surface area contributed by atoms with Gasteiger partial charge in [-0.25, -0.2) is 0 Å². The molecule has 0 bridgehead atoms. The summed E-state index contributed by atoms with van der Waals surface area (Å²) in [6.07, 6.45) is 0. The number of carbonyl (C=O) groups is 1. The van der Waals surface area contributed by atoms with Gasteiger partial charge >= 0.3 is 37.7 Å². The van der Waals surface area contributed by atoms with Gasteiger partial charge in [0.25, 0.3) is 10.1 Å². The summed E-state index contributed by atoms with van der Waals surface area (Å²) in [4.78, 5) is 10.4. The van der Waals surface area contributed by atoms with Crippen molar-refractivity contribution in [2.75, 3.05) is 12.3 Å². The van der Waals surface area contributed by atoms with Gasteiger partial charge < -0.3 is 5.32 Å². The fourth-order valence-corrected chi connectivity index (χ4v) is 1.57. The van der Waals surface area contributed by atoms with Crippen molar-refractivity contribution in [3.63, 3.8) is 0 Å². The molecule has 0 aromatic rings. The van der Waals surface area contributed by atoms with Gasteiger partial charge in [-0.05, 0) is 5.92 Å². The topological polar surface area (TPSA) is 83.5 Å². The minimum atomic E-state index is -3.92. The molecule has 0 aliphatic heterocycles. The number of hydrogen-bond donors (Lipinski definition) is 2. The molecule has 1 unspecified atom stereocenters. The first-order valence-corrected chi connectivity index (χ1v) is 5.12. The molecule has 0 spiro atoms. The first-order chi connectivity index (χ1) is 5.31. The van der Waals surface area contributed by atoms with Crippen molar-refractivity contribution in [3.8, 4) is 0 Å². The average molecular weight is 237 g/mol. The van der Waals surface area contributed by atoms with E-state index in [2.05, 4.69) is 5.32 Å². The molecular weight excluding hydrogens is 222 g/mol. The summed E-state index contributed by atoms with van der Waals surface area (Å²) in [7, 11) is -3.92. The van der Waals surface area contributed by atoms with Crippen LogP contribution in [0, 0.1) is 5.92 Å². The van der Waals surface area contributed by atoms with Crippen molar-refractivity contribution in [1.82, 2.24) is 5.32 Å². The fraction of sp³-hybridized carbons (Fsp3) is 0.833. The van der Waals surface area contributed by atoms with E-state index in [-0.39, 0.29) is 61.9 Å². The summed E-state index contributed by atoms with van der Waals surface area (Å²) in [6.45, 7) is 3.24. The standard InChI is InChI=1S/C6H13NO4S.Ca.2H/c1-5(3-7-6(2)8)4-12(9,10)11;;;/h5H,3-4H2,1-2H3,(H,7,8)(H,9,10,11);;;. The monoisotopic (exact) mass is 237 g/mol. The summed E-state index contributed by atoms with van der Waals surface area (Å²) >= 11 is 0. The zero-order chi connectivity index (χ0) is 9.78. The number of carbonyl (C=O) groups excluding carboxylic acids is 1. The quantitative estimate of drug-likeness (QED) is 0.472. The molecule has 1 atom stereocenters. The van der Waals surface area contributed by atoms with Gasteiger partial charge in [-0.1, -0.05) is 6.92 Å². The Labute approximate surface area is 108 Å². The molecule has 0 aliphatic carbocycles. The van der Waals surface area contributed by atoms with E-state index >= 15 is 0 Å². The van der Waals surface area contributed by atoms with E-state index in [0.717, 1.165) is 0 Å². The third-order valence-corrected chi connectivity index (χ3v) is 2.18. The van der Waals surface area contributed by atoms with Crippen LogP contribution in [0.5, 0.6) is 0 Å². The molecule has 2 N–H and O–H groups in total. The average Bonchev–Trinajstić information content (AvgIpc) is 1.79. The van der Waals surface area contributed by atoms with Gasteiger partial charge in [0.2, 0.25) is 5.91 Å². The van der Waals surface area contributed by atoms with E-state index < -0.39 is 10.1 Å². The summed E-state index contributed by atoms with van der Waals surface area (Å²) in [5, 5.41) is 2.45. The third-order valence-electron chi connectivity index (χ3n) is 1.19. The normalized spacial score (nSPS) is 12.8. The van der Waals surface area contributed by atoms with Crippen molar-refractivity contribution < 1.29 is 17.8 Å².